The van der Waals surface area contributed by atoms with Crippen LogP contribution in [0.4, 0.5) is 0 Å². The second kappa shape index (κ2) is 6.02. The van der Waals surface area contributed by atoms with Gasteiger partial charge < -0.3 is 0 Å². The van der Waals surface area contributed by atoms with Gasteiger partial charge in [0.05, 0.1) is 0 Å². The smallest absolute Gasteiger partial charge is 0.0266 e. The van der Waals surface area contributed by atoms with E-state index < -0.39 is 0 Å². The minimum Gasteiger partial charge on any atom is -0.266 e. The standard InChI is InChI=1S/C9H13N/c1-4-5-6-7-8-10-9(2)3/h4-8H,1H2,2-3H3/b6-5+,8-7-. The van der Waals surface area contributed by atoms with E-state index in [0.717, 1.165) is 5.71 Å². The summed E-state index contributed by atoms with van der Waals surface area (Å²) in [5, 5.41) is 0. The van der Waals surface area contributed by atoms with Crippen molar-refractivity contribution in [3.05, 3.63) is 37.1 Å². The molecule has 0 aliphatic rings. The molecule has 0 amide bonds. The number of nitrogens with zero attached hydrogens (tertiary/aromatic N) is 1. The molecule has 0 atom stereocenters. The second-order valence-corrected chi connectivity index (χ2v) is 2.04. The Kier molecular flexibility index (Phi) is 5.35. The number of allylic oxidation sites excluding steroid dienone is 4. The third kappa shape index (κ3) is 6.89. The summed E-state index contributed by atoms with van der Waals surface area (Å²) in [5.74, 6) is 0. The monoisotopic (exact) mass is 135 g/mol. The summed E-state index contributed by atoms with van der Waals surface area (Å²) < 4.78 is 0. The van der Waals surface area contributed by atoms with Crippen LogP contribution in [0.15, 0.2) is 42.1 Å². The zero-order valence-electron chi connectivity index (χ0n) is 6.54. The van der Waals surface area contributed by atoms with Crippen LogP contribution in [0.2, 0.25) is 0 Å². The Bertz CT molecular complexity index is 169. The fraction of sp³-hybridized carbons (Fsp3) is 0.222. The molecule has 0 heterocycles. The largest absolute Gasteiger partial charge is 0.266 e. The molecule has 0 N–H and O–H groups in total. The zero-order chi connectivity index (χ0) is 7.82. The fourth-order valence-corrected chi connectivity index (χ4v) is 0.385. The maximum absolute atomic E-state index is 4.05. The highest BCUT2D eigenvalue weighted by Crippen LogP contribution is 1.81. The molecule has 54 valence electrons. The van der Waals surface area contributed by atoms with Crippen molar-refractivity contribution in [2.24, 2.45) is 4.99 Å². The van der Waals surface area contributed by atoms with Crippen molar-refractivity contribution in [1.82, 2.24) is 0 Å². The van der Waals surface area contributed by atoms with Crippen LogP contribution in [0.25, 0.3) is 0 Å². The van der Waals surface area contributed by atoms with Crippen LogP contribution in [0, 0.1) is 0 Å². The van der Waals surface area contributed by atoms with Crippen molar-refractivity contribution >= 4 is 5.71 Å². The van der Waals surface area contributed by atoms with Crippen molar-refractivity contribution in [1.29, 1.82) is 0 Å². The first-order valence-corrected chi connectivity index (χ1v) is 3.22. The molecular formula is C9H13N. The molecule has 0 aromatic rings. The number of hydrogen-bond donors (Lipinski definition) is 0. The lowest BCUT2D eigenvalue weighted by atomic mass is 10.4. The lowest BCUT2D eigenvalue weighted by Crippen LogP contribution is -1.74. The van der Waals surface area contributed by atoms with Crippen molar-refractivity contribution in [3.63, 3.8) is 0 Å². The third-order valence-electron chi connectivity index (χ3n) is 0.777. The Balaban J connectivity index is 3.67. The molecule has 0 saturated heterocycles. The van der Waals surface area contributed by atoms with E-state index in [1.54, 1.807) is 12.3 Å². The summed E-state index contributed by atoms with van der Waals surface area (Å²) in [6.45, 7) is 7.46. The number of hydrogen-bond acceptors (Lipinski definition) is 1. The molecule has 0 spiro atoms. The maximum Gasteiger partial charge on any atom is 0.0266 e. The van der Waals surface area contributed by atoms with Crippen molar-refractivity contribution in [2.75, 3.05) is 0 Å². The predicted octanol–water partition coefficient (Wildman–Crippen LogP) is 2.72. The Morgan fingerprint density at radius 2 is 1.90 bits per heavy atom. The predicted molar refractivity (Wildman–Crippen MR) is 47.3 cm³/mol. The summed E-state index contributed by atoms with van der Waals surface area (Å²) in [4.78, 5) is 4.05. The highest BCUT2D eigenvalue weighted by atomic mass is 14.7. The van der Waals surface area contributed by atoms with Gasteiger partial charge in [0.15, 0.2) is 0 Å². The molecule has 0 fully saturated rings. The summed E-state index contributed by atoms with van der Waals surface area (Å²) >= 11 is 0. The normalized spacial score (nSPS) is 10.6. The average molecular weight is 135 g/mol. The van der Waals surface area contributed by atoms with Crippen LogP contribution in [-0.4, -0.2) is 5.71 Å². The summed E-state index contributed by atoms with van der Waals surface area (Å²) in [6.07, 6.45) is 9.10. The molecular weight excluding hydrogens is 122 g/mol. The SMILES string of the molecule is C=C/C=C/C=C\N=C(C)C. The van der Waals surface area contributed by atoms with E-state index in [0.29, 0.717) is 0 Å². The lowest BCUT2D eigenvalue weighted by molar-refractivity contribution is 1.50. The molecule has 0 rings (SSSR count). The van der Waals surface area contributed by atoms with E-state index >= 15 is 0 Å². The van der Waals surface area contributed by atoms with E-state index in [1.807, 2.05) is 32.1 Å². The fourth-order valence-electron chi connectivity index (χ4n) is 0.385. The van der Waals surface area contributed by atoms with Gasteiger partial charge in [0.2, 0.25) is 0 Å². The Morgan fingerprint density at radius 1 is 1.20 bits per heavy atom. The maximum atomic E-state index is 4.05. The van der Waals surface area contributed by atoms with Crippen molar-refractivity contribution in [2.45, 2.75) is 13.8 Å². The van der Waals surface area contributed by atoms with Crippen LogP contribution in [-0.2, 0) is 0 Å². The van der Waals surface area contributed by atoms with Gasteiger partial charge in [-0.25, -0.2) is 0 Å². The first kappa shape index (κ1) is 8.89. The van der Waals surface area contributed by atoms with Crippen molar-refractivity contribution in [3.8, 4) is 0 Å². The van der Waals surface area contributed by atoms with Gasteiger partial charge >= 0.3 is 0 Å². The highest BCUT2D eigenvalue weighted by molar-refractivity contribution is 5.79. The van der Waals surface area contributed by atoms with Crippen LogP contribution in [0.5, 0.6) is 0 Å². The van der Waals surface area contributed by atoms with E-state index in [1.165, 1.54) is 0 Å². The van der Waals surface area contributed by atoms with E-state index in [4.69, 9.17) is 0 Å². The molecule has 1 heteroatoms. The number of rotatable bonds is 3. The molecule has 0 radical (unpaired) electrons. The first-order valence-electron chi connectivity index (χ1n) is 3.22. The quantitative estimate of drug-likeness (QED) is 0.417. The average Bonchev–Trinajstić information content (AvgIpc) is 1.87. The molecule has 1 nitrogen and oxygen atoms in total. The van der Waals surface area contributed by atoms with Crippen LogP contribution in [0.1, 0.15) is 13.8 Å². The highest BCUT2D eigenvalue weighted by Gasteiger charge is 1.68. The van der Waals surface area contributed by atoms with E-state index in [2.05, 4.69) is 11.6 Å². The van der Waals surface area contributed by atoms with E-state index in [-0.39, 0.29) is 0 Å². The van der Waals surface area contributed by atoms with Gasteiger partial charge in [-0.05, 0) is 19.9 Å². The molecule has 0 aliphatic carbocycles. The molecule has 0 bridgehead atoms. The molecule has 0 unspecified atom stereocenters. The van der Waals surface area contributed by atoms with Gasteiger partial charge in [0, 0.05) is 11.9 Å². The summed E-state index contributed by atoms with van der Waals surface area (Å²) in [6, 6.07) is 0. The van der Waals surface area contributed by atoms with Gasteiger partial charge in [0.25, 0.3) is 0 Å². The van der Waals surface area contributed by atoms with E-state index in [9.17, 15) is 0 Å². The number of aliphatic imine (C=N–C) groups is 1. The molecule has 0 aromatic heterocycles. The van der Waals surface area contributed by atoms with Gasteiger partial charge in [-0.1, -0.05) is 24.8 Å². The van der Waals surface area contributed by atoms with Crippen LogP contribution >= 0.6 is 0 Å². The van der Waals surface area contributed by atoms with Crippen molar-refractivity contribution < 1.29 is 0 Å². The minimum atomic E-state index is 1.06. The van der Waals surface area contributed by atoms with Crippen LogP contribution < -0.4 is 0 Å². The summed E-state index contributed by atoms with van der Waals surface area (Å²) in [7, 11) is 0. The Labute approximate surface area is 62.5 Å². The zero-order valence-corrected chi connectivity index (χ0v) is 6.54. The van der Waals surface area contributed by atoms with Crippen LogP contribution in [0.3, 0.4) is 0 Å². The Hall–Kier alpha value is -1.11. The molecule has 10 heavy (non-hydrogen) atoms. The molecule has 0 saturated carbocycles. The topological polar surface area (TPSA) is 12.4 Å². The van der Waals surface area contributed by atoms with Gasteiger partial charge in [-0.2, -0.15) is 0 Å². The third-order valence-corrected chi connectivity index (χ3v) is 0.777. The Morgan fingerprint density at radius 3 is 2.40 bits per heavy atom. The lowest BCUT2D eigenvalue weighted by Gasteiger charge is -1.79. The summed E-state index contributed by atoms with van der Waals surface area (Å²) in [5.41, 5.74) is 1.06. The first-order chi connectivity index (χ1) is 4.77. The second-order valence-electron chi connectivity index (χ2n) is 2.04. The van der Waals surface area contributed by atoms with Gasteiger partial charge in [-0.3, -0.25) is 4.99 Å². The van der Waals surface area contributed by atoms with Gasteiger partial charge in [0.1, 0.15) is 0 Å². The molecule has 0 aromatic carbocycles. The molecule has 0 aliphatic heterocycles. The van der Waals surface area contributed by atoms with Gasteiger partial charge in [-0.15, -0.1) is 0 Å². The minimum absolute atomic E-state index is 1.06.